The number of likely N-dealkylation sites (N-methyl/N-ethyl adjacent to an activating group) is 1. The Hall–Kier alpha value is -1.96. The zero-order chi connectivity index (χ0) is 13.7. The molecule has 0 aliphatic carbocycles. The molecule has 0 bridgehead atoms. The van der Waals surface area contributed by atoms with Gasteiger partial charge in [0.2, 0.25) is 0 Å². The first-order valence-electron chi connectivity index (χ1n) is 6.74. The Morgan fingerprint density at radius 2 is 1.79 bits per heavy atom. The second-order valence-electron chi connectivity index (χ2n) is 5.00. The number of hydrogen-bond acceptors (Lipinski definition) is 2. The van der Waals surface area contributed by atoms with Gasteiger partial charge >= 0.3 is 0 Å². The van der Waals surface area contributed by atoms with Gasteiger partial charge in [0.05, 0.1) is 0 Å². The standard InChI is InChI=1S/C17H22N2/c1-14-7-6-9-16(13-14)18-11-12-19(3)17-10-5-4-8-15(17)2/h4-10,13,18H,11-12H2,1-3H3. The summed E-state index contributed by atoms with van der Waals surface area (Å²) in [7, 11) is 2.14. The first-order valence-corrected chi connectivity index (χ1v) is 6.74. The highest BCUT2D eigenvalue weighted by atomic mass is 15.1. The lowest BCUT2D eigenvalue weighted by Gasteiger charge is -2.21. The summed E-state index contributed by atoms with van der Waals surface area (Å²) in [6.45, 7) is 6.19. The van der Waals surface area contributed by atoms with Crippen molar-refractivity contribution in [3.63, 3.8) is 0 Å². The van der Waals surface area contributed by atoms with Crippen LogP contribution in [0.4, 0.5) is 11.4 Å². The van der Waals surface area contributed by atoms with Crippen molar-refractivity contribution in [3.8, 4) is 0 Å². The molecule has 0 aliphatic heterocycles. The van der Waals surface area contributed by atoms with Crippen LogP contribution >= 0.6 is 0 Å². The molecule has 2 aromatic carbocycles. The molecule has 2 aromatic rings. The lowest BCUT2D eigenvalue weighted by atomic mass is 10.2. The molecule has 0 fully saturated rings. The summed E-state index contributed by atoms with van der Waals surface area (Å²) in [5.41, 5.74) is 5.10. The van der Waals surface area contributed by atoms with Gasteiger partial charge in [-0.3, -0.25) is 0 Å². The van der Waals surface area contributed by atoms with E-state index in [0.717, 1.165) is 13.1 Å². The van der Waals surface area contributed by atoms with E-state index >= 15 is 0 Å². The first kappa shape index (κ1) is 13.5. The maximum atomic E-state index is 3.46. The number of anilines is 2. The van der Waals surface area contributed by atoms with Crippen LogP contribution in [-0.4, -0.2) is 20.1 Å². The fraction of sp³-hybridized carbons (Fsp3) is 0.294. The minimum atomic E-state index is 0.939. The van der Waals surface area contributed by atoms with Gasteiger partial charge in [-0.2, -0.15) is 0 Å². The predicted molar refractivity (Wildman–Crippen MR) is 84.1 cm³/mol. The fourth-order valence-corrected chi connectivity index (χ4v) is 2.24. The molecule has 0 saturated carbocycles. The number of nitrogens with zero attached hydrogens (tertiary/aromatic N) is 1. The van der Waals surface area contributed by atoms with E-state index in [1.165, 1.54) is 22.5 Å². The Labute approximate surface area is 116 Å². The fourth-order valence-electron chi connectivity index (χ4n) is 2.24. The molecular weight excluding hydrogens is 232 g/mol. The van der Waals surface area contributed by atoms with E-state index in [2.05, 4.69) is 79.6 Å². The average molecular weight is 254 g/mol. The van der Waals surface area contributed by atoms with Crippen LogP contribution in [0.1, 0.15) is 11.1 Å². The molecule has 0 aromatic heterocycles. The average Bonchev–Trinajstić information content (AvgIpc) is 2.39. The highest BCUT2D eigenvalue weighted by Gasteiger charge is 2.02. The Balaban J connectivity index is 1.88. The molecule has 0 aliphatic rings. The maximum Gasteiger partial charge on any atom is 0.0393 e. The van der Waals surface area contributed by atoms with Crippen molar-refractivity contribution >= 4 is 11.4 Å². The summed E-state index contributed by atoms with van der Waals surface area (Å²) in [5, 5.41) is 3.46. The molecule has 100 valence electrons. The van der Waals surface area contributed by atoms with E-state index in [-0.39, 0.29) is 0 Å². The molecule has 2 heteroatoms. The molecule has 2 nitrogen and oxygen atoms in total. The smallest absolute Gasteiger partial charge is 0.0393 e. The van der Waals surface area contributed by atoms with Gasteiger partial charge in [0.1, 0.15) is 0 Å². The molecule has 0 atom stereocenters. The van der Waals surface area contributed by atoms with Crippen LogP contribution in [-0.2, 0) is 0 Å². The predicted octanol–water partition coefficient (Wildman–Crippen LogP) is 3.85. The molecule has 1 N–H and O–H groups in total. The summed E-state index contributed by atoms with van der Waals surface area (Å²) in [4.78, 5) is 2.29. The number of rotatable bonds is 5. The molecule has 0 unspecified atom stereocenters. The third kappa shape index (κ3) is 3.75. The first-order chi connectivity index (χ1) is 9.16. The number of benzene rings is 2. The normalized spacial score (nSPS) is 10.3. The molecule has 2 rings (SSSR count). The van der Waals surface area contributed by atoms with Crippen LogP contribution < -0.4 is 10.2 Å². The monoisotopic (exact) mass is 254 g/mol. The van der Waals surface area contributed by atoms with Crippen molar-refractivity contribution in [2.45, 2.75) is 13.8 Å². The summed E-state index contributed by atoms with van der Waals surface area (Å²) in [6, 6.07) is 17.0. The van der Waals surface area contributed by atoms with Gasteiger partial charge in [0.25, 0.3) is 0 Å². The number of aryl methyl sites for hydroxylation is 2. The van der Waals surface area contributed by atoms with E-state index in [1.807, 2.05) is 0 Å². The molecule has 0 heterocycles. The van der Waals surface area contributed by atoms with Crippen molar-refractivity contribution in [1.29, 1.82) is 0 Å². The van der Waals surface area contributed by atoms with Crippen molar-refractivity contribution < 1.29 is 0 Å². The second-order valence-corrected chi connectivity index (χ2v) is 5.00. The zero-order valence-electron chi connectivity index (χ0n) is 12.0. The molecular formula is C17H22N2. The summed E-state index contributed by atoms with van der Waals surface area (Å²) < 4.78 is 0. The minimum Gasteiger partial charge on any atom is -0.383 e. The van der Waals surface area contributed by atoms with Gasteiger partial charge in [0.15, 0.2) is 0 Å². The topological polar surface area (TPSA) is 15.3 Å². The van der Waals surface area contributed by atoms with Crippen LogP contribution in [0.2, 0.25) is 0 Å². The van der Waals surface area contributed by atoms with E-state index < -0.39 is 0 Å². The van der Waals surface area contributed by atoms with Gasteiger partial charge in [0, 0.05) is 31.5 Å². The van der Waals surface area contributed by atoms with E-state index in [1.54, 1.807) is 0 Å². The quantitative estimate of drug-likeness (QED) is 0.871. The van der Waals surface area contributed by atoms with Crippen LogP contribution in [0, 0.1) is 13.8 Å². The Bertz CT molecular complexity index is 534. The highest BCUT2D eigenvalue weighted by Crippen LogP contribution is 2.17. The summed E-state index contributed by atoms with van der Waals surface area (Å²) in [5.74, 6) is 0. The van der Waals surface area contributed by atoms with Crippen molar-refractivity contribution in [2.24, 2.45) is 0 Å². The molecule has 19 heavy (non-hydrogen) atoms. The van der Waals surface area contributed by atoms with Crippen molar-refractivity contribution in [2.75, 3.05) is 30.4 Å². The largest absolute Gasteiger partial charge is 0.383 e. The number of nitrogens with one attached hydrogen (secondary N) is 1. The van der Waals surface area contributed by atoms with Crippen molar-refractivity contribution in [1.82, 2.24) is 0 Å². The van der Waals surface area contributed by atoms with Crippen molar-refractivity contribution in [3.05, 3.63) is 59.7 Å². The minimum absolute atomic E-state index is 0.939. The molecule has 0 radical (unpaired) electrons. The SMILES string of the molecule is Cc1cccc(NCCN(C)c2ccccc2C)c1. The Kier molecular flexibility index (Phi) is 4.45. The highest BCUT2D eigenvalue weighted by molar-refractivity contribution is 5.52. The zero-order valence-corrected chi connectivity index (χ0v) is 12.0. The van der Waals surface area contributed by atoms with E-state index in [4.69, 9.17) is 0 Å². The van der Waals surface area contributed by atoms with Crippen LogP contribution in [0.15, 0.2) is 48.5 Å². The summed E-state index contributed by atoms with van der Waals surface area (Å²) >= 11 is 0. The second kappa shape index (κ2) is 6.28. The van der Waals surface area contributed by atoms with E-state index in [0.29, 0.717) is 0 Å². The van der Waals surface area contributed by atoms with Crippen LogP contribution in [0.5, 0.6) is 0 Å². The Morgan fingerprint density at radius 3 is 2.53 bits per heavy atom. The number of hydrogen-bond donors (Lipinski definition) is 1. The Morgan fingerprint density at radius 1 is 1.00 bits per heavy atom. The van der Waals surface area contributed by atoms with Gasteiger partial charge < -0.3 is 10.2 Å². The molecule has 0 amide bonds. The van der Waals surface area contributed by atoms with Crippen LogP contribution in [0.3, 0.4) is 0 Å². The lowest BCUT2D eigenvalue weighted by Crippen LogP contribution is -2.25. The number of para-hydroxylation sites is 1. The van der Waals surface area contributed by atoms with Gasteiger partial charge in [-0.25, -0.2) is 0 Å². The van der Waals surface area contributed by atoms with Crippen LogP contribution in [0.25, 0.3) is 0 Å². The van der Waals surface area contributed by atoms with Gasteiger partial charge in [-0.15, -0.1) is 0 Å². The summed E-state index contributed by atoms with van der Waals surface area (Å²) in [6.07, 6.45) is 0. The molecule has 0 spiro atoms. The third-order valence-electron chi connectivity index (χ3n) is 3.32. The van der Waals surface area contributed by atoms with Gasteiger partial charge in [-0.05, 0) is 43.2 Å². The maximum absolute atomic E-state index is 3.46. The molecule has 0 saturated heterocycles. The van der Waals surface area contributed by atoms with E-state index in [9.17, 15) is 0 Å². The third-order valence-corrected chi connectivity index (χ3v) is 3.32. The van der Waals surface area contributed by atoms with Gasteiger partial charge in [-0.1, -0.05) is 30.3 Å². The lowest BCUT2D eigenvalue weighted by molar-refractivity contribution is 0.910.